The van der Waals surface area contributed by atoms with Crippen molar-refractivity contribution in [1.82, 2.24) is 9.55 Å². The van der Waals surface area contributed by atoms with Gasteiger partial charge in [0.05, 0.1) is 30.3 Å². The summed E-state index contributed by atoms with van der Waals surface area (Å²) in [6, 6.07) is 13.5. The molecule has 22 heavy (non-hydrogen) atoms. The molecule has 3 rings (SSSR count). The summed E-state index contributed by atoms with van der Waals surface area (Å²) < 4.78 is 1.92. The van der Waals surface area contributed by atoms with Crippen LogP contribution in [0.4, 0.5) is 5.69 Å². The van der Waals surface area contributed by atoms with Gasteiger partial charge < -0.3 is 20.5 Å². The molecule has 1 atom stereocenters. The first-order chi connectivity index (χ1) is 10.6. The lowest BCUT2D eigenvalue weighted by Crippen LogP contribution is -2.20. The largest absolute Gasteiger partial charge is 0.398 e. The molecule has 0 aliphatic rings. The zero-order valence-electron chi connectivity index (χ0n) is 12.4. The van der Waals surface area contributed by atoms with Crippen LogP contribution in [0.15, 0.2) is 42.5 Å². The second-order valence-corrected chi connectivity index (χ2v) is 5.44. The van der Waals surface area contributed by atoms with Gasteiger partial charge in [0.2, 0.25) is 0 Å². The third-order valence-electron chi connectivity index (χ3n) is 3.80. The van der Waals surface area contributed by atoms with Crippen molar-refractivity contribution in [3.05, 3.63) is 48.0 Å². The van der Waals surface area contributed by atoms with Crippen LogP contribution in [0.3, 0.4) is 0 Å². The van der Waals surface area contributed by atoms with Crippen LogP contribution in [0.5, 0.6) is 0 Å². The summed E-state index contributed by atoms with van der Waals surface area (Å²) in [7, 11) is 0. The second-order valence-electron chi connectivity index (χ2n) is 5.44. The van der Waals surface area contributed by atoms with Gasteiger partial charge in [0.15, 0.2) is 0 Å². The van der Waals surface area contributed by atoms with E-state index in [4.69, 9.17) is 10.8 Å². The highest BCUT2D eigenvalue weighted by molar-refractivity contribution is 5.81. The summed E-state index contributed by atoms with van der Waals surface area (Å²) in [5, 5.41) is 19.0. The Labute approximate surface area is 128 Å². The topological polar surface area (TPSA) is 84.3 Å². The Kier molecular flexibility index (Phi) is 3.83. The number of hydrogen-bond donors (Lipinski definition) is 3. The first-order valence-corrected chi connectivity index (χ1v) is 7.21. The molecule has 0 fully saturated rings. The number of hydrogen-bond acceptors (Lipinski definition) is 4. The van der Waals surface area contributed by atoms with Crippen molar-refractivity contribution in [1.29, 1.82) is 0 Å². The highest BCUT2D eigenvalue weighted by atomic mass is 16.3. The van der Waals surface area contributed by atoms with Gasteiger partial charge in [-0.15, -0.1) is 0 Å². The number of rotatable bonds is 4. The number of aliphatic hydroxyl groups is 2. The van der Waals surface area contributed by atoms with Crippen LogP contribution in [0, 0.1) is 6.92 Å². The third-order valence-corrected chi connectivity index (χ3v) is 3.80. The fraction of sp³-hybridized carbons (Fsp3) is 0.235. The van der Waals surface area contributed by atoms with E-state index in [1.807, 2.05) is 54.0 Å². The molecule has 0 bridgehead atoms. The predicted octanol–water partition coefficient (Wildman–Crippen LogP) is 1.95. The van der Waals surface area contributed by atoms with Gasteiger partial charge in [-0.25, -0.2) is 4.98 Å². The highest BCUT2D eigenvalue weighted by Gasteiger charge is 2.15. The molecule has 5 heteroatoms. The van der Waals surface area contributed by atoms with Gasteiger partial charge in [0.1, 0.15) is 5.82 Å². The minimum Gasteiger partial charge on any atom is -0.398 e. The maximum absolute atomic E-state index is 9.84. The van der Waals surface area contributed by atoms with Gasteiger partial charge in [-0.05, 0) is 30.7 Å². The predicted molar refractivity (Wildman–Crippen MR) is 87.4 cm³/mol. The van der Waals surface area contributed by atoms with Gasteiger partial charge in [-0.3, -0.25) is 0 Å². The van der Waals surface area contributed by atoms with Crippen LogP contribution in [0.25, 0.3) is 22.4 Å². The number of para-hydroxylation sites is 2. The fourth-order valence-corrected chi connectivity index (χ4v) is 2.53. The van der Waals surface area contributed by atoms with E-state index in [1.165, 1.54) is 0 Å². The summed E-state index contributed by atoms with van der Waals surface area (Å²) in [6.45, 7) is 1.94. The zero-order valence-corrected chi connectivity index (χ0v) is 12.4. The molecule has 3 aromatic rings. The van der Waals surface area contributed by atoms with Crippen LogP contribution in [-0.4, -0.2) is 32.5 Å². The molecule has 4 N–H and O–H groups in total. The van der Waals surface area contributed by atoms with Crippen molar-refractivity contribution < 1.29 is 10.2 Å². The van der Waals surface area contributed by atoms with E-state index in [2.05, 4.69) is 4.98 Å². The van der Waals surface area contributed by atoms with E-state index in [-0.39, 0.29) is 13.2 Å². The molecular weight excluding hydrogens is 278 g/mol. The molecule has 0 saturated heterocycles. The smallest absolute Gasteiger partial charge is 0.141 e. The van der Waals surface area contributed by atoms with E-state index >= 15 is 0 Å². The maximum Gasteiger partial charge on any atom is 0.141 e. The van der Waals surface area contributed by atoms with E-state index in [9.17, 15) is 5.11 Å². The first-order valence-electron chi connectivity index (χ1n) is 7.21. The Hall–Kier alpha value is -2.37. The number of anilines is 1. The SMILES string of the molecule is Cc1ccc(-c2nc3ccccc3n2CC(O)CO)cc1N. The summed E-state index contributed by atoms with van der Waals surface area (Å²) in [4.78, 5) is 4.66. The number of aromatic nitrogens is 2. The number of nitrogens with zero attached hydrogens (tertiary/aromatic N) is 2. The van der Waals surface area contributed by atoms with Crippen molar-refractivity contribution in [3.63, 3.8) is 0 Å². The lowest BCUT2D eigenvalue weighted by atomic mass is 10.1. The lowest BCUT2D eigenvalue weighted by molar-refractivity contribution is 0.0824. The molecule has 2 aromatic carbocycles. The fourth-order valence-electron chi connectivity index (χ4n) is 2.53. The number of aryl methyl sites for hydroxylation is 1. The van der Waals surface area contributed by atoms with Crippen molar-refractivity contribution in [2.45, 2.75) is 19.6 Å². The van der Waals surface area contributed by atoms with Crippen molar-refractivity contribution in [3.8, 4) is 11.4 Å². The average molecular weight is 297 g/mol. The Morgan fingerprint density at radius 3 is 2.73 bits per heavy atom. The van der Waals surface area contributed by atoms with E-state index in [0.29, 0.717) is 5.69 Å². The van der Waals surface area contributed by atoms with Crippen LogP contribution < -0.4 is 5.73 Å². The lowest BCUT2D eigenvalue weighted by Gasteiger charge is -2.13. The van der Waals surface area contributed by atoms with Gasteiger partial charge in [-0.1, -0.05) is 24.3 Å². The summed E-state index contributed by atoms with van der Waals surface area (Å²) >= 11 is 0. The highest BCUT2D eigenvalue weighted by Crippen LogP contribution is 2.27. The molecule has 0 radical (unpaired) electrons. The molecule has 1 heterocycles. The zero-order chi connectivity index (χ0) is 15.7. The number of benzene rings is 2. The number of nitrogens with two attached hydrogens (primary N) is 1. The molecule has 114 valence electrons. The molecule has 1 aromatic heterocycles. The molecule has 0 aliphatic carbocycles. The number of nitrogen functional groups attached to an aromatic ring is 1. The summed E-state index contributed by atoms with van der Waals surface area (Å²) in [5.74, 6) is 0.736. The van der Waals surface area contributed by atoms with Gasteiger partial charge in [0.25, 0.3) is 0 Å². The second kappa shape index (κ2) is 5.79. The van der Waals surface area contributed by atoms with Crippen LogP contribution in [-0.2, 0) is 6.54 Å². The molecule has 0 saturated carbocycles. The van der Waals surface area contributed by atoms with E-state index < -0.39 is 6.10 Å². The average Bonchev–Trinajstić information content (AvgIpc) is 2.89. The van der Waals surface area contributed by atoms with Gasteiger partial charge in [-0.2, -0.15) is 0 Å². The standard InChI is InChI=1S/C17H19N3O2/c1-11-6-7-12(8-14(11)18)17-19-15-4-2-3-5-16(15)20(17)9-13(22)10-21/h2-8,13,21-22H,9-10,18H2,1H3. The van der Waals surface area contributed by atoms with Crippen molar-refractivity contribution in [2.24, 2.45) is 0 Å². The van der Waals surface area contributed by atoms with Crippen LogP contribution >= 0.6 is 0 Å². The maximum atomic E-state index is 9.84. The van der Waals surface area contributed by atoms with E-state index in [0.717, 1.165) is 28.0 Å². The molecule has 0 spiro atoms. The molecule has 0 aliphatic heterocycles. The minimum atomic E-state index is -0.834. The Bertz CT molecular complexity index is 811. The summed E-state index contributed by atoms with van der Waals surface area (Å²) in [5.41, 5.74) is 10.4. The Balaban J connectivity index is 2.18. The van der Waals surface area contributed by atoms with Crippen LogP contribution in [0.2, 0.25) is 0 Å². The molecule has 1 unspecified atom stereocenters. The Morgan fingerprint density at radius 2 is 2.00 bits per heavy atom. The molecule has 5 nitrogen and oxygen atoms in total. The Morgan fingerprint density at radius 1 is 1.23 bits per heavy atom. The van der Waals surface area contributed by atoms with E-state index in [1.54, 1.807) is 0 Å². The molecule has 0 amide bonds. The van der Waals surface area contributed by atoms with Crippen molar-refractivity contribution >= 4 is 16.7 Å². The third kappa shape index (κ3) is 2.56. The first kappa shape index (κ1) is 14.6. The van der Waals surface area contributed by atoms with Gasteiger partial charge >= 0.3 is 0 Å². The monoisotopic (exact) mass is 297 g/mol. The quantitative estimate of drug-likeness (QED) is 0.643. The molecular formula is C17H19N3O2. The van der Waals surface area contributed by atoms with Crippen molar-refractivity contribution in [2.75, 3.05) is 12.3 Å². The number of imidazole rings is 1. The summed E-state index contributed by atoms with van der Waals surface area (Å²) in [6.07, 6.45) is -0.834. The number of aliphatic hydroxyl groups excluding tert-OH is 2. The van der Waals surface area contributed by atoms with Crippen LogP contribution in [0.1, 0.15) is 5.56 Å². The minimum absolute atomic E-state index is 0.278. The normalized spacial score (nSPS) is 12.7. The van der Waals surface area contributed by atoms with Gasteiger partial charge in [0, 0.05) is 11.3 Å². The number of fused-ring (bicyclic) bond motifs is 1.